The van der Waals surface area contributed by atoms with E-state index in [9.17, 15) is 13.2 Å². The number of amides is 1. The summed E-state index contributed by atoms with van der Waals surface area (Å²) in [5, 5.41) is 3.04. The van der Waals surface area contributed by atoms with Gasteiger partial charge in [0.05, 0.1) is 11.5 Å². The fourth-order valence-electron chi connectivity index (χ4n) is 3.09. The maximum absolute atomic E-state index is 11.6. The molecule has 2 aliphatic heterocycles. The highest BCUT2D eigenvalue weighted by molar-refractivity contribution is 7.91. The van der Waals surface area contributed by atoms with Gasteiger partial charge < -0.3 is 5.32 Å². The van der Waals surface area contributed by atoms with Crippen molar-refractivity contribution in [2.24, 2.45) is 11.3 Å². The molecule has 2 saturated heterocycles. The van der Waals surface area contributed by atoms with Gasteiger partial charge in [-0.25, -0.2) is 8.42 Å². The van der Waals surface area contributed by atoms with Crippen LogP contribution in [0.1, 0.15) is 39.5 Å². The Hall–Kier alpha value is -0.580. The molecule has 0 aromatic heterocycles. The van der Waals surface area contributed by atoms with E-state index in [0.29, 0.717) is 25.2 Å². The zero-order valence-electron chi connectivity index (χ0n) is 10.5. The second-order valence-corrected chi connectivity index (χ2v) is 8.24. The first-order valence-electron chi connectivity index (χ1n) is 6.33. The van der Waals surface area contributed by atoms with Gasteiger partial charge in [-0.15, -0.1) is 0 Å². The summed E-state index contributed by atoms with van der Waals surface area (Å²) in [5.74, 6) is 1.11. The molecule has 2 fully saturated rings. The molecule has 0 saturated carbocycles. The Morgan fingerprint density at radius 1 is 1.35 bits per heavy atom. The molecule has 1 spiro atoms. The van der Waals surface area contributed by atoms with E-state index in [1.165, 1.54) is 0 Å². The summed E-state index contributed by atoms with van der Waals surface area (Å²) in [6.45, 7) is 4.27. The van der Waals surface area contributed by atoms with Crippen LogP contribution in [0, 0.1) is 11.3 Å². The van der Waals surface area contributed by atoms with Gasteiger partial charge in [-0.2, -0.15) is 0 Å². The molecule has 98 valence electrons. The molecule has 4 nitrogen and oxygen atoms in total. The predicted octanol–water partition coefficient (Wildman–Crippen LogP) is 1.12. The summed E-state index contributed by atoms with van der Waals surface area (Å²) < 4.78 is 23.0. The molecule has 5 heteroatoms. The minimum atomic E-state index is -2.85. The fraction of sp³-hybridized carbons (Fsp3) is 0.917. The molecule has 0 aromatic carbocycles. The first-order chi connectivity index (χ1) is 7.83. The average molecular weight is 259 g/mol. The van der Waals surface area contributed by atoms with Crippen LogP contribution in [0.4, 0.5) is 0 Å². The van der Waals surface area contributed by atoms with Crippen LogP contribution < -0.4 is 5.32 Å². The van der Waals surface area contributed by atoms with Crippen molar-refractivity contribution in [1.29, 1.82) is 0 Å². The highest BCUT2D eigenvalue weighted by Gasteiger charge is 2.49. The van der Waals surface area contributed by atoms with E-state index in [4.69, 9.17) is 0 Å². The lowest BCUT2D eigenvalue weighted by Gasteiger charge is -2.38. The highest BCUT2D eigenvalue weighted by atomic mass is 32.2. The molecule has 1 atom stereocenters. The molecule has 2 heterocycles. The molecule has 1 unspecified atom stereocenters. The first-order valence-corrected chi connectivity index (χ1v) is 8.15. The summed E-state index contributed by atoms with van der Waals surface area (Å²) in [6, 6.07) is 0.172. The molecule has 2 rings (SSSR count). The SMILES string of the molecule is CC(C)CC1NC(=O)CC12CCS(=O)(=O)CC2. The average Bonchev–Trinajstić information content (AvgIpc) is 2.48. The minimum Gasteiger partial charge on any atom is -0.353 e. The Kier molecular flexibility index (Phi) is 3.23. The Morgan fingerprint density at radius 2 is 1.94 bits per heavy atom. The van der Waals surface area contributed by atoms with Crippen molar-refractivity contribution in [3.63, 3.8) is 0 Å². The van der Waals surface area contributed by atoms with Gasteiger partial charge in [-0.3, -0.25) is 4.79 Å². The Balaban J connectivity index is 2.15. The lowest BCUT2D eigenvalue weighted by atomic mass is 9.73. The zero-order valence-corrected chi connectivity index (χ0v) is 11.3. The van der Waals surface area contributed by atoms with Gasteiger partial charge in [0.15, 0.2) is 0 Å². The Morgan fingerprint density at radius 3 is 2.47 bits per heavy atom. The third-order valence-electron chi connectivity index (χ3n) is 4.12. The van der Waals surface area contributed by atoms with Crippen LogP contribution in [0.15, 0.2) is 0 Å². The number of carbonyl (C=O) groups excluding carboxylic acids is 1. The molecule has 0 bridgehead atoms. The second-order valence-electron chi connectivity index (χ2n) is 5.94. The molecular weight excluding hydrogens is 238 g/mol. The van der Waals surface area contributed by atoms with Crippen LogP contribution >= 0.6 is 0 Å². The maximum atomic E-state index is 11.6. The zero-order chi connectivity index (χ0) is 12.7. The van der Waals surface area contributed by atoms with E-state index < -0.39 is 9.84 Å². The molecule has 0 aromatic rings. The van der Waals surface area contributed by atoms with Crippen molar-refractivity contribution >= 4 is 15.7 Å². The predicted molar refractivity (Wildman–Crippen MR) is 66.3 cm³/mol. The van der Waals surface area contributed by atoms with Gasteiger partial charge in [0.25, 0.3) is 0 Å². The van der Waals surface area contributed by atoms with Crippen LogP contribution in [0.5, 0.6) is 0 Å². The van der Waals surface area contributed by atoms with E-state index in [-0.39, 0.29) is 28.9 Å². The van der Waals surface area contributed by atoms with Crippen molar-refractivity contribution in [2.75, 3.05) is 11.5 Å². The molecule has 0 radical (unpaired) electrons. The molecule has 17 heavy (non-hydrogen) atoms. The lowest BCUT2D eigenvalue weighted by molar-refractivity contribution is -0.119. The molecular formula is C12H21NO3S. The monoisotopic (exact) mass is 259 g/mol. The Labute approximate surface area is 103 Å². The van der Waals surface area contributed by atoms with Gasteiger partial charge in [0, 0.05) is 17.9 Å². The molecule has 0 aliphatic carbocycles. The van der Waals surface area contributed by atoms with Gasteiger partial charge >= 0.3 is 0 Å². The van der Waals surface area contributed by atoms with Crippen LogP contribution in [-0.4, -0.2) is 31.9 Å². The van der Waals surface area contributed by atoms with Crippen LogP contribution in [0.25, 0.3) is 0 Å². The fourth-order valence-corrected chi connectivity index (χ4v) is 4.73. The van der Waals surface area contributed by atoms with Crippen molar-refractivity contribution in [1.82, 2.24) is 5.32 Å². The summed E-state index contributed by atoms with van der Waals surface area (Å²) in [5.41, 5.74) is -0.0906. The number of nitrogens with one attached hydrogen (secondary N) is 1. The molecule has 2 aliphatic rings. The van der Waals surface area contributed by atoms with E-state index in [1.54, 1.807) is 0 Å². The van der Waals surface area contributed by atoms with Gasteiger partial charge in [0.1, 0.15) is 9.84 Å². The third-order valence-corrected chi connectivity index (χ3v) is 5.77. The first kappa shape index (κ1) is 12.9. The normalized spacial score (nSPS) is 30.8. The van der Waals surface area contributed by atoms with Crippen molar-refractivity contribution in [3.8, 4) is 0 Å². The van der Waals surface area contributed by atoms with E-state index in [2.05, 4.69) is 19.2 Å². The molecule has 1 N–H and O–H groups in total. The summed E-state index contributed by atoms with van der Waals surface area (Å²) in [6.07, 6.45) is 2.75. The topological polar surface area (TPSA) is 63.2 Å². The van der Waals surface area contributed by atoms with Gasteiger partial charge in [0.2, 0.25) is 5.91 Å². The van der Waals surface area contributed by atoms with Crippen molar-refractivity contribution in [2.45, 2.75) is 45.6 Å². The largest absolute Gasteiger partial charge is 0.353 e. The van der Waals surface area contributed by atoms with Crippen LogP contribution in [-0.2, 0) is 14.6 Å². The van der Waals surface area contributed by atoms with Gasteiger partial charge in [-0.1, -0.05) is 13.8 Å². The Bertz CT molecular complexity index is 399. The van der Waals surface area contributed by atoms with E-state index >= 15 is 0 Å². The summed E-state index contributed by atoms with van der Waals surface area (Å²) in [4.78, 5) is 11.6. The number of hydrogen-bond donors (Lipinski definition) is 1. The van der Waals surface area contributed by atoms with Crippen molar-refractivity contribution in [3.05, 3.63) is 0 Å². The van der Waals surface area contributed by atoms with Gasteiger partial charge in [-0.05, 0) is 25.2 Å². The van der Waals surface area contributed by atoms with Crippen LogP contribution in [0.2, 0.25) is 0 Å². The number of sulfone groups is 1. The summed E-state index contributed by atoms with van der Waals surface area (Å²) >= 11 is 0. The van der Waals surface area contributed by atoms with Crippen LogP contribution in [0.3, 0.4) is 0 Å². The van der Waals surface area contributed by atoms with E-state index in [1.807, 2.05) is 0 Å². The number of rotatable bonds is 2. The highest BCUT2D eigenvalue weighted by Crippen LogP contribution is 2.44. The molecule has 1 amide bonds. The lowest BCUT2D eigenvalue weighted by Crippen LogP contribution is -2.43. The minimum absolute atomic E-state index is 0.0906. The number of carbonyl (C=O) groups is 1. The summed E-state index contributed by atoms with van der Waals surface area (Å²) in [7, 11) is -2.85. The second kappa shape index (κ2) is 4.26. The smallest absolute Gasteiger partial charge is 0.220 e. The quantitative estimate of drug-likeness (QED) is 0.808. The number of hydrogen-bond acceptors (Lipinski definition) is 3. The van der Waals surface area contributed by atoms with Crippen molar-refractivity contribution < 1.29 is 13.2 Å². The maximum Gasteiger partial charge on any atom is 0.220 e. The standard InChI is InChI=1S/C12H21NO3S/c1-9(2)7-10-12(8-11(14)13-10)3-5-17(15,16)6-4-12/h9-10H,3-8H2,1-2H3,(H,13,14). The third kappa shape index (κ3) is 2.64. The van der Waals surface area contributed by atoms with E-state index in [0.717, 1.165) is 6.42 Å².